The Balaban J connectivity index is 0.000000254. The zero-order chi connectivity index (χ0) is 32.4. The van der Waals surface area contributed by atoms with Gasteiger partial charge in [-0.05, 0) is 38.4 Å². The Morgan fingerprint density at radius 2 is 0.907 bits per heavy atom. The number of rotatable bonds is 3. The van der Waals surface area contributed by atoms with E-state index in [4.69, 9.17) is 0 Å². The predicted molar refractivity (Wildman–Crippen MR) is 142 cm³/mol. The van der Waals surface area contributed by atoms with Gasteiger partial charge in [-0.2, -0.15) is 9.13 Å². The Morgan fingerprint density at radius 1 is 0.535 bits per heavy atom. The minimum atomic E-state index is -10.7. The number of nitrogens with zero attached hydrogens (tertiary/aromatic N) is 4. The summed E-state index contributed by atoms with van der Waals surface area (Å²) in [6.07, 6.45) is 12.8. The van der Waals surface area contributed by atoms with Crippen molar-refractivity contribution in [2.24, 2.45) is 14.1 Å². The number of hydrogen-bond acceptors (Lipinski definition) is 0. The van der Waals surface area contributed by atoms with Crippen LogP contribution >= 0.6 is 15.6 Å². The molecule has 0 spiro atoms. The molecule has 0 radical (unpaired) electrons. The molecule has 43 heavy (non-hydrogen) atoms. The number of halogens is 12. The fraction of sp³-hybridized carbons (Fsp3) is 0.120. The van der Waals surface area contributed by atoms with Gasteiger partial charge < -0.3 is 0 Å². The topological polar surface area (TPSA) is 17.6 Å². The van der Waals surface area contributed by atoms with Gasteiger partial charge in [0.25, 0.3) is 6.17 Å². The molecule has 2 aromatic heterocycles. The molecule has 236 valence electrons. The van der Waals surface area contributed by atoms with Crippen molar-refractivity contribution in [2.75, 3.05) is 0 Å². The van der Waals surface area contributed by atoms with Gasteiger partial charge in [0.05, 0.1) is 14.1 Å². The van der Waals surface area contributed by atoms with Crippen molar-refractivity contribution in [1.82, 2.24) is 9.13 Å². The van der Waals surface area contributed by atoms with Crippen molar-refractivity contribution in [3.63, 3.8) is 0 Å². The molecule has 0 aliphatic carbocycles. The fourth-order valence-corrected chi connectivity index (χ4v) is 4.69. The van der Waals surface area contributed by atoms with Gasteiger partial charge in [0.2, 0.25) is 12.7 Å². The van der Waals surface area contributed by atoms with Crippen LogP contribution in [0.15, 0.2) is 92.0 Å². The summed E-state index contributed by atoms with van der Waals surface area (Å²) in [6, 6.07) is 20.1. The molecular formula is C25H22F12N4P2. The van der Waals surface area contributed by atoms with E-state index in [1.54, 1.807) is 0 Å². The Hall–Kier alpha value is -3.64. The zero-order valence-corrected chi connectivity index (χ0v) is 23.7. The second-order valence-corrected chi connectivity index (χ2v) is 13.7. The molecule has 6 rings (SSSR count). The quantitative estimate of drug-likeness (QED) is 0.0773. The third-order valence-corrected chi connectivity index (χ3v) is 5.98. The van der Waals surface area contributed by atoms with Gasteiger partial charge in [-0.3, -0.25) is 0 Å². The molecule has 0 amide bonds. The Bertz CT molecular complexity index is 1840. The van der Waals surface area contributed by atoms with Crippen molar-refractivity contribution >= 4 is 47.9 Å². The molecule has 4 aromatic carbocycles. The summed E-state index contributed by atoms with van der Waals surface area (Å²) in [5, 5.41) is 7.92. The molecule has 0 saturated carbocycles. The fourth-order valence-electron chi connectivity index (χ4n) is 4.69. The molecule has 18 heteroatoms. The van der Waals surface area contributed by atoms with Crippen LogP contribution in [0.4, 0.5) is 50.4 Å². The van der Waals surface area contributed by atoms with Crippen LogP contribution in [0.25, 0.3) is 32.3 Å². The van der Waals surface area contributed by atoms with Crippen LogP contribution < -0.4 is 9.13 Å². The van der Waals surface area contributed by atoms with Crippen molar-refractivity contribution in [3.05, 3.63) is 97.6 Å². The molecule has 4 nitrogen and oxygen atoms in total. The van der Waals surface area contributed by atoms with Gasteiger partial charge in [-0.15, -0.1) is 0 Å². The van der Waals surface area contributed by atoms with Gasteiger partial charge in [-0.1, -0.05) is 48.5 Å². The standard InChI is InChI=1S/C25H22N4.2F6P/c1-26-12-14-28(16-26)25(29-15-13-27(2)17-29)22-11-9-20-7-6-18-4-3-5-19-8-10-21(22)24(20)23(18)19;2*1-7(2,3,4,5)6/h3-17,25H,1-2H3;;/q+2;2*-1. The average Bonchev–Trinajstić information content (AvgIpc) is 3.42. The number of imidazole rings is 2. The van der Waals surface area contributed by atoms with E-state index in [0.717, 1.165) is 0 Å². The summed E-state index contributed by atoms with van der Waals surface area (Å²) in [5.74, 6) is 0. The number of aromatic nitrogens is 4. The molecule has 0 atom stereocenters. The predicted octanol–water partition coefficient (Wildman–Crippen LogP) is 10.7. The zero-order valence-electron chi connectivity index (χ0n) is 22.0. The second kappa shape index (κ2) is 8.95. The Morgan fingerprint density at radius 3 is 1.30 bits per heavy atom. The van der Waals surface area contributed by atoms with Crippen LogP contribution in [-0.2, 0) is 14.1 Å². The first kappa shape index (κ1) is 32.3. The maximum atomic E-state index is 9.87. The maximum absolute atomic E-state index is 10.7. The first-order valence-corrected chi connectivity index (χ1v) is 16.0. The van der Waals surface area contributed by atoms with E-state index >= 15 is 0 Å². The van der Waals surface area contributed by atoms with Crippen LogP contribution in [-0.4, -0.2) is 9.13 Å². The van der Waals surface area contributed by atoms with Gasteiger partial charge in [0.1, 0.15) is 24.8 Å². The SMILES string of the molecule is C[n+]1ccn(C(c2ccc3ccc4cccc5ccc2c3c45)n2cc[n+](C)c2)c1.F[P-](F)(F)(F)(F)F.F[P-](F)(F)(F)(F)F. The molecule has 0 aliphatic rings. The summed E-state index contributed by atoms with van der Waals surface area (Å²) in [5.41, 5.74) is 1.29. The summed E-state index contributed by atoms with van der Waals surface area (Å²) in [6.45, 7) is 0. The van der Waals surface area contributed by atoms with Crippen molar-refractivity contribution < 1.29 is 59.5 Å². The summed E-state index contributed by atoms with van der Waals surface area (Å²) < 4.78 is 127. The first-order chi connectivity index (χ1) is 19.1. The normalized spacial score (nSPS) is 15.7. The van der Waals surface area contributed by atoms with Gasteiger partial charge in [0.15, 0.2) is 0 Å². The molecule has 6 aromatic rings. The molecule has 0 saturated heterocycles. The first-order valence-electron chi connectivity index (χ1n) is 11.9. The van der Waals surface area contributed by atoms with Gasteiger partial charge in [0, 0.05) is 5.56 Å². The monoisotopic (exact) mass is 668 g/mol. The molecule has 0 fully saturated rings. The molecule has 0 bridgehead atoms. The average molecular weight is 668 g/mol. The third kappa shape index (κ3) is 9.96. The molecule has 2 heterocycles. The van der Waals surface area contributed by atoms with E-state index < -0.39 is 15.6 Å². The molecule has 0 unspecified atom stereocenters. The van der Waals surface area contributed by atoms with E-state index in [-0.39, 0.29) is 6.17 Å². The van der Waals surface area contributed by atoms with E-state index in [0.29, 0.717) is 0 Å². The summed E-state index contributed by atoms with van der Waals surface area (Å²) in [7, 11) is -17.2. The van der Waals surface area contributed by atoms with E-state index in [2.05, 4.69) is 124 Å². The molecule has 0 N–H and O–H groups in total. The number of benzene rings is 4. The van der Waals surface area contributed by atoms with Crippen molar-refractivity contribution in [2.45, 2.75) is 6.17 Å². The number of aryl methyl sites for hydroxylation is 2. The van der Waals surface area contributed by atoms with Crippen LogP contribution in [0.3, 0.4) is 0 Å². The van der Waals surface area contributed by atoms with Crippen LogP contribution in [0.1, 0.15) is 11.7 Å². The number of hydrogen-bond donors (Lipinski definition) is 0. The Labute approximate surface area is 234 Å². The second-order valence-electron chi connectivity index (χ2n) is 9.85. The summed E-state index contributed by atoms with van der Waals surface area (Å²) >= 11 is 0. The van der Waals surface area contributed by atoms with Gasteiger partial charge >= 0.3 is 66.0 Å². The minimum absolute atomic E-state index is 0.0435. The molecule has 0 aliphatic heterocycles. The van der Waals surface area contributed by atoms with Gasteiger partial charge in [-0.25, -0.2) is 9.13 Å². The van der Waals surface area contributed by atoms with E-state index in [9.17, 15) is 50.4 Å². The summed E-state index contributed by atoms with van der Waals surface area (Å²) in [4.78, 5) is 0. The molecular weight excluding hydrogens is 646 g/mol. The van der Waals surface area contributed by atoms with Crippen molar-refractivity contribution in [1.29, 1.82) is 0 Å². The van der Waals surface area contributed by atoms with Crippen LogP contribution in [0.5, 0.6) is 0 Å². The van der Waals surface area contributed by atoms with Crippen molar-refractivity contribution in [3.8, 4) is 0 Å². The third-order valence-electron chi connectivity index (χ3n) is 5.98. The van der Waals surface area contributed by atoms with Crippen LogP contribution in [0, 0.1) is 0 Å². The van der Waals surface area contributed by atoms with Crippen LogP contribution in [0.2, 0.25) is 0 Å². The van der Waals surface area contributed by atoms with E-state index in [1.807, 2.05) is 0 Å². The Kier molecular flexibility index (Phi) is 6.72. The van der Waals surface area contributed by atoms with E-state index in [1.165, 1.54) is 37.9 Å².